The number of carbonyl (C=O) groups is 3. The van der Waals surface area contributed by atoms with Crippen LogP contribution in [0.25, 0.3) is 0 Å². The van der Waals surface area contributed by atoms with E-state index in [1.807, 2.05) is 0 Å². The average molecular weight is 659 g/mol. The molecule has 3 saturated heterocycles. The number of carbonyl (C=O) groups excluding carboxylic acids is 3. The summed E-state index contributed by atoms with van der Waals surface area (Å²) < 4.78 is 21.9. The number of allylic oxidation sites excluding steroid dienone is 2. The van der Waals surface area contributed by atoms with E-state index in [0.29, 0.717) is 32.2 Å². The first-order valence-corrected chi connectivity index (χ1v) is 16.1. The first kappa shape index (κ1) is 35.2. The van der Waals surface area contributed by atoms with Gasteiger partial charge in [0.1, 0.15) is 48.8 Å². The van der Waals surface area contributed by atoms with Crippen molar-refractivity contribution < 1.29 is 69.1 Å². The molecule has 5 rings (SSSR count). The Labute approximate surface area is 265 Å². The Balaban J connectivity index is 0.949. The van der Waals surface area contributed by atoms with E-state index in [4.69, 9.17) is 18.9 Å². The van der Waals surface area contributed by atoms with Gasteiger partial charge in [-0.2, -0.15) is 0 Å². The number of fused-ring (bicyclic) bond motifs is 5. The van der Waals surface area contributed by atoms with Crippen molar-refractivity contribution >= 4 is 17.7 Å². The molecule has 0 radical (unpaired) electrons. The van der Waals surface area contributed by atoms with E-state index in [1.54, 1.807) is 0 Å². The van der Waals surface area contributed by atoms with Gasteiger partial charge in [-0.3, -0.25) is 19.3 Å². The zero-order valence-corrected chi connectivity index (χ0v) is 25.5. The standard InChI is InChI=1S/C30H46N2O14/c33-12-16-21(36)22(37)24(39)30(44-16)46-26-17(13-34)45-29(25(40)23(26)38)43-10-4-8-31-18(35)5-2-1-3-9-32-27(41)19-14-6-7-15(11-14)20(19)28(32)42/h6-7,14-17,19-26,29-30,33-34,36-40H,1-5,8-13H2,(H,31,35)/t14?,15?,16?,17?,19?,20?,21-,22?,23?,24?,25?,26+,29?,30?/m0/s1. The number of likely N-dealkylation sites (tertiary alicyclic amines) is 1. The van der Waals surface area contributed by atoms with Crippen molar-refractivity contribution in [2.45, 2.75) is 99.9 Å². The fourth-order valence-electron chi connectivity index (χ4n) is 7.20. The van der Waals surface area contributed by atoms with Crippen LogP contribution < -0.4 is 5.32 Å². The molecule has 46 heavy (non-hydrogen) atoms. The molecule has 16 nitrogen and oxygen atoms in total. The number of rotatable bonds is 15. The normalized spacial score (nSPS) is 41.8. The highest BCUT2D eigenvalue weighted by molar-refractivity contribution is 6.06. The van der Waals surface area contributed by atoms with Gasteiger partial charge in [0.05, 0.1) is 31.7 Å². The molecule has 3 aliphatic heterocycles. The van der Waals surface area contributed by atoms with Crippen molar-refractivity contribution in [3.8, 4) is 0 Å². The third kappa shape index (κ3) is 7.17. The minimum atomic E-state index is -1.76. The van der Waals surface area contributed by atoms with E-state index in [1.165, 1.54) is 4.90 Å². The van der Waals surface area contributed by atoms with Crippen LogP contribution in [0.4, 0.5) is 0 Å². The molecule has 0 aromatic heterocycles. The van der Waals surface area contributed by atoms with Crippen LogP contribution in [0.15, 0.2) is 12.2 Å². The number of aliphatic hydroxyl groups excluding tert-OH is 7. The van der Waals surface area contributed by atoms with Crippen LogP contribution in [0.1, 0.15) is 38.5 Å². The van der Waals surface area contributed by atoms with Gasteiger partial charge in [-0.05, 0) is 37.5 Å². The lowest BCUT2D eigenvalue weighted by molar-refractivity contribution is -0.359. The molecule has 0 aromatic carbocycles. The van der Waals surface area contributed by atoms with Gasteiger partial charge in [0.2, 0.25) is 17.7 Å². The quantitative estimate of drug-likeness (QED) is 0.0484. The summed E-state index contributed by atoms with van der Waals surface area (Å²) >= 11 is 0. The van der Waals surface area contributed by atoms with E-state index in [9.17, 15) is 50.1 Å². The van der Waals surface area contributed by atoms with Crippen molar-refractivity contribution in [3.63, 3.8) is 0 Å². The predicted molar refractivity (Wildman–Crippen MR) is 153 cm³/mol. The second kappa shape index (κ2) is 15.4. The first-order chi connectivity index (χ1) is 22.1. The fraction of sp³-hybridized carbons (Fsp3) is 0.833. The molecule has 0 aromatic rings. The second-order valence-electron chi connectivity index (χ2n) is 12.7. The summed E-state index contributed by atoms with van der Waals surface area (Å²) in [4.78, 5) is 39.1. The van der Waals surface area contributed by atoms with Crippen molar-refractivity contribution in [2.75, 3.05) is 32.9 Å². The Morgan fingerprint density at radius 2 is 1.43 bits per heavy atom. The van der Waals surface area contributed by atoms with Gasteiger partial charge in [-0.15, -0.1) is 0 Å². The molecule has 1 saturated carbocycles. The van der Waals surface area contributed by atoms with Gasteiger partial charge in [0, 0.05) is 19.5 Å². The van der Waals surface area contributed by atoms with Crippen molar-refractivity contribution in [1.29, 1.82) is 0 Å². The zero-order valence-electron chi connectivity index (χ0n) is 25.5. The summed E-state index contributed by atoms with van der Waals surface area (Å²) in [6.45, 7) is -0.688. The molecule has 16 heteroatoms. The van der Waals surface area contributed by atoms with Crippen LogP contribution in [-0.4, -0.2) is 153 Å². The number of imide groups is 1. The van der Waals surface area contributed by atoms with Gasteiger partial charge in [-0.1, -0.05) is 18.6 Å². The van der Waals surface area contributed by atoms with Crippen LogP contribution in [0.3, 0.4) is 0 Å². The van der Waals surface area contributed by atoms with Gasteiger partial charge in [0.15, 0.2) is 12.6 Å². The number of hydrogen-bond acceptors (Lipinski definition) is 14. The van der Waals surface area contributed by atoms with E-state index >= 15 is 0 Å². The molecule has 12 unspecified atom stereocenters. The lowest BCUT2D eigenvalue weighted by atomic mass is 9.85. The maximum absolute atomic E-state index is 12.7. The van der Waals surface area contributed by atoms with Gasteiger partial charge in [-0.25, -0.2) is 0 Å². The highest BCUT2D eigenvalue weighted by atomic mass is 16.7. The van der Waals surface area contributed by atoms with Crippen molar-refractivity contribution in [3.05, 3.63) is 12.2 Å². The largest absolute Gasteiger partial charge is 0.394 e. The number of nitrogens with zero attached hydrogens (tertiary/aromatic N) is 1. The summed E-state index contributed by atoms with van der Waals surface area (Å²) in [5.74, 6) is -0.279. The number of unbranched alkanes of at least 4 members (excludes halogenated alkanes) is 2. The predicted octanol–water partition coefficient (Wildman–Crippen LogP) is -3.50. The molecule has 260 valence electrons. The molecule has 3 amide bonds. The SMILES string of the molecule is O=C(CCCCCN1C(=O)C2C3C=CC(C3)C2C1=O)NCCCOC1OC(CO)[C@@H](OC2OC(CO)[C@H](O)C(O)C2O)C(O)C1O. The van der Waals surface area contributed by atoms with E-state index in [2.05, 4.69) is 17.5 Å². The summed E-state index contributed by atoms with van der Waals surface area (Å²) in [6, 6.07) is 0. The highest BCUT2D eigenvalue weighted by Crippen LogP contribution is 2.52. The molecular formula is C30H46N2O14. The molecule has 4 fully saturated rings. The number of nitrogens with one attached hydrogen (secondary N) is 1. The lowest BCUT2D eigenvalue weighted by Crippen LogP contribution is -2.64. The zero-order chi connectivity index (χ0) is 33.1. The Morgan fingerprint density at radius 1 is 0.804 bits per heavy atom. The van der Waals surface area contributed by atoms with Crippen LogP contribution in [0, 0.1) is 23.7 Å². The van der Waals surface area contributed by atoms with E-state index in [-0.39, 0.29) is 61.0 Å². The Kier molecular flexibility index (Phi) is 11.8. The fourth-order valence-corrected chi connectivity index (χ4v) is 7.20. The minimum absolute atomic E-state index is 0.0300. The van der Waals surface area contributed by atoms with Crippen LogP contribution >= 0.6 is 0 Å². The minimum Gasteiger partial charge on any atom is -0.394 e. The molecule has 5 aliphatic rings. The monoisotopic (exact) mass is 658 g/mol. The van der Waals surface area contributed by atoms with Crippen LogP contribution in [0.2, 0.25) is 0 Å². The first-order valence-electron chi connectivity index (χ1n) is 16.1. The van der Waals surface area contributed by atoms with E-state index < -0.39 is 74.6 Å². The third-order valence-electron chi connectivity index (χ3n) is 9.73. The Morgan fingerprint density at radius 3 is 2.09 bits per heavy atom. The van der Waals surface area contributed by atoms with Gasteiger partial charge in [0.25, 0.3) is 0 Å². The lowest BCUT2D eigenvalue weighted by Gasteiger charge is -2.45. The molecule has 3 heterocycles. The van der Waals surface area contributed by atoms with E-state index in [0.717, 1.165) is 6.42 Å². The Hall–Kier alpha value is -2.09. The summed E-state index contributed by atoms with van der Waals surface area (Å²) in [6.07, 6.45) is -7.68. The summed E-state index contributed by atoms with van der Waals surface area (Å²) in [5, 5.41) is 73.3. The highest BCUT2D eigenvalue weighted by Gasteiger charge is 2.59. The third-order valence-corrected chi connectivity index (χ3v) is 9.73. The molecule has 0 spiro atoms. The van der Waals surface area contributed by atoms with Gasteiger partial charge < -0.3 is 60.0 Å². The van der Waals surface area contributed by atoms with Crippen molar-refractivity contribution in [1.82, 2.24) is 10.2 Å². The maximum Gasteiger partial charge on any atom is 0.233 e. The van der Waals surface area contributed by atoms with Gasteiger partial charge >= 0.3 is 0 Å². The molecule has 2 bridgehead atoms. The molecular weight excluding hydrogens is 612 g/mol. The van der Waals surface area contributed by atoms with Crippen LogP contribution in [0.5, 0.6) is 0 Å². The molecule has 8 N–H and O–H groups in total. The topological polar surface area (TPSA) is 245 Å². The number of ether oxygens (including phenoxy) is 4. The second-order valence-corrected chi connectivity index (χ2v) is 12.7. The molecule has 2 aliphatic carbocycles. The van der Waals surface area contributed by atoms with Crippen molar-refractivity contribution in [2.24, 2.45) is 23.7 Å². The smallest absolute Gasteiger partial charge is 0.233 e. The molecule has 14 atom stereocenters. The average Bonchev–Trinajstić information content (AvgIpc) is 3.74. The Bertz CT molecular complexity index is 1080. The van der Waals surface area contributed by atoms with Crippen LogP contribution in [-0.2, 0) is 33.3 Å². The maximum atomic E-state index is 12.7. The number of aliphatic hydroxyl groups is 7. The number of amides is 3. The summed E-state index contributed by atoms with van der Waals surface area (Å²) in [7, 11) is 0. The summed E-state index contributed by atoms with van der Waals surface area (Å²) in [5.41, 5.74) is 0. The number of hydrogen-bond donors (Lipinski definition) is 8.